The molecule has 0 bridgehead atoms. The first kappa shape index (κ1) is 11.2. The molecule has 0 fully saturated rings. The number of carbonyl (C=O) groups is 1. The summed E-state index contributed by atoms with van der Waals surface area (Å²) in [5.74, 6) is -2.48. The molecule has 1 aromatic rings. The molecule has 0 radical (unpaired) electrons. The number of aliphatic carboxylic acids is 1. The van der Waals surface area contributed by atoms with Crippen molar-refractivity contribution in [3.05, 3.63) is 29.3 Å². The summed E-state index contributed by atoms with van der Waals surface area (Å²) < 4.78 is 0. The van der Waals surface area contributed by atoms with E-state index < -0.39 is 11.9 Å². The number of aliphatic imine (C=N–C) groups is 1. The summed E-state index contributed by atoms with van der Waals surface area (Å²) in [5, 5.41) is 17.5. The second kappa shape index (κ2) is 5.13. The first-order valence-electron chi connectivity index (χ1n) is 4.06. The van der Waals surface area contributed by atoms with Gasteiger partial charge in [0.15, 0.2) is 5.92 Å². The van der Waals surface area contributed by atoms with Crippen LogP contribution in [0.2, 0.25) is 5.02 Å². The first-order valence-corrected chi connectivity index (χ1v) is 4.44. The maximum Gasteiger partial charge on any atom is 0.326 e. The quantitative estimate of drug-likeness (QED) is 0.798. The lowest BCUT2D eigenvalue weighted by molar-refractivity contribution is -0.137. The summed E-state index contributed by atoms with van der Waals surface area (Å²) in [6, 6.07) is 8.33. The lowest BCUT2D eigenvalue weighted by atomic mass is 10.2. The Labute approximate surface area is 91.4 Å². The van der Waals surface area contributed by atoms with Crippen molar-refractivity contribution >= 4 is 29.5 Å². The number of halogens is 1. The summed E-state index contributed by atoms with van der Waals surface area (Å²) in [7, 11) is 0. The molecule has 1 N–H and O–H groups in total. The van der Waals surface area contributed by atoms with Crippen molar-refractivity contribution in [2.45, 2.75) is 0 Å². The number of carboxylic acids is 1. The Morgan fingerprint density at radius 2 is 2.27 bits per heavy atom. The number of benzene rings is 1. The number of nitrogens with zero attached hydrogens (tertiary/aromatic N) is 2. The molecule has 4 nitrogen and oxygen atoms in total. The predicted octanol–water partition coefficient (Wildman–Crippen LogP) is 2.27. The second-order valence-electron chi connectivity index (χ2n) is 2.67. The Bertz CT molecular complexity index is 437. The van der Waals surface area contributed by atoms with Gasteiger partial charge in [-0.2, -0.15) is 5.26 Å². The maximum atomic E-state index is 10.5. The van der Waals surface area contributed by atoms with Crippen LogP contribution in [-0.4, -0.2) is 17.3 Å². The fourth-order valence-corrected chi connectivity index (χ4v) is 1.05. The van der Waals surface area contributed by atoms with Gasteiger partial charge in [0.05, 0.1) is 16.8 Å². The molecule has 5 heteroatoms. The molecule has 1 aromatic carbocycles. The number of para-hydroxylation sites is 1. The van der Waals surface area contributed by atoms with E-state index in [-0.39, 0.29) is 0 Å². The molecule has 0 saturated carbocycles. The van der Waals surface area contributed by atoms with Crippen molar-refractivity contribution in [3.8, 4) is 6.07 Å². The van der Waals surface area contributed by atoms with Gasteiger partial charge in [0.2, 0.25) is 0 Å². The van der Waals surface area contributed by atoms with Crippen LogP contribution in [-0.2, 0) is 4.79 Å². The molecular weight excluding hydrogens is 216 g/mol. The molecular formula is C10H7ClN2O2. The zero-order valence-corrected chi connectivity index (χ0v) is 8.35. The highest BCUT2D eigenvalue weighted by atomic mass is 35.5. The summed E-state index contributed by atoms with van der Waals surface area (Å²) >= 11 is 5.79. The van der Waals surface area contributed by atoms with Crippen LogP contribution in [0.4, 0.5) is 5.69 Å². The first-order chi connectivity index (χ1) is 7.15. The van der Waals surface area contributed by atoms with Gasteiger partial charge < -0.3 is 5.11 Å². The number of rotatable bonds is 3. The minimum Gasteiger partial charge on any atom is -0.480 e. The van der Waals surface area contributed by atoms with Gasteiger partial charge >= 0.3 is 5.97 Å². The van der Waals surface area contributed by atoms with Crippen molar-refractivity contribution in [2.24, 2.45) is 10.9 Å². The maximum absolute atomic E-state index is 10.5. The van der Waals surface area contributed by atoms with E-state index in [1.807, 2.05) is 0 Å². The minimum atomic E-state index is -1.25. The number of hydrogen-bond acceptors (Lipinski definition) is 3. The Morgan fingerprint density at radius 1 is 1.60 bits per heavy atom. The van der Waals surface area contributed by atoms with Crippen LogP contribution in [0.25, 0.3) is 0 Å². The molecule has 0 amide bonds. The van der Waals surface area contributed by atoms with Crippen LogP contribution < -0.4 is 0 Å². The van der Waals surface area contributed by atoms with Gasteiger partial charge in [-0.15, -0.1) is 0 Å². The van der Waals surface area contributed by atoms with Gasteiger partial charge in [-0.1, -0.05) is 23.7 Å². The summed E-state index contributed by atoms with van der Waals surface area (Å²) in [6.07, 6.45) is 1.06. The van der Waals surface area contributed by atoms with E-state index in [1.165, 1.54) is 0 Å². The van der Waals surface area contributed by atoms with Crippen molar-refractivity contribution in [1.82, 2.24) is 0 Å². The molecule has 0 aliphatic heterocycles. The molecule has 0 spiro atoms. The molecule has 0 aromatic heterocycles. The fraction of sp³-hybridized carbons (Fsp3) is 0.100. The highest BCUT2D eigenvalue weighted by Crippen LogP contribution is 2.23. The van der Waals surface area contributed by atoms with Crippen LogP contribution >= 0.6 is 11.6 Å². The average molecular weight is 223 g/mol. The highest BCUT2D eigenvalue weighted by molar-refractivity contribution is 6.33. The van der Waals surface area contributed by atoms with E-state index >= 15 is 0 Å². The normalized spacial score (nSPS) is 12.3. The lowest BCUT2D eigenvalue weighted by Gasteiger charge is -1.97. The smallest absolute Gasteiger partial charge is 0.326 e. The predicted molar refractivity (Wildman–Crippen MR) is 56.3 cm³/mol. The highest BCUT2D eigenvalue weighted by Gasteiger charge is 2.12. The number of carboxylic acid groups (broad SMARTS) is 1. The Balaban J connectivity index is 2.87. The van der Waals surface area contributed by atoms with Gasteiger partial charge in [0.1, 0.15) is 0 Å². The van der Waals surface area contributed by atoms with Gasteiger partial charge in [0, 0.05) is 6.21 Å². The third kappa shape index (κ3) is 3.08. The summed E-state index contributed by atoms with van der Waals surface area (Å²) in [5.41, 5.74) is 0.445. The van der Waals surface area contributed by atoms with E-state index in [0.717, 1.165) is 6.21 Å². The van der Waals surface area contributed by atoms with Crippen LogP contribution in [0, 0.1) is 17.2 Å². The molecule has 0 saturated heterocycles. The molecule has 1 unspecified atom stereocenters. The molecule has 0 aliphatic rings. The monoisotopic (exact) mass is 222 g/mol. The second-order valence-corrected chi connectivity index (χ2v) is 3.08. The topological polar surface area (TPSA) is 73.5 Å². The van der Waals surface area contributed by atoms with Gasteiger partial charge in [-0.25, -0.2) is 0 Å². The third-order valence-electron chi connectivity index (χ3n) is 1.62. The zero-order chi connectivity index (χ0) is 11.3. The van der Waals surface area contributed by atoms with Crippen molar-refractivity contribution < 1.29 is 9.90 Å². The summed E-state index contributed by atoms with van der Waals surface area (Å²) in [4.78, 5) is 14.3. The van der Waals surface area contributed by atoms with Crippen LogP contribution in [0.15, 0.2) is 29.3 Å². The van der Waals surface area contributed by atoms with E-state index in [1.54, 1.807) is 30.3 Å². The van der Waals surface area contributed by atoms with E-state index in [0.29, 0.717) is 10.7 Å². The SMILES string of the molecule is N#CC(C=Nc1ccccc1Cl)C(=O)O. The van der Waals surface area contributed by atoms with Crippen molar-refractivity contribution in [3.63, 3.8) is 0 Å². The number of hydrogen-bond donors (Lipinski definition) is 1. The third-order valence-corrected chi connectivity index (χ3v) is 1.94. The van der Waals surface area contributed by atoms with E-state index in [4.69, 9.17) is 22.0 Å². The Morgan fingerprint density at radius 3 is 2.80 bits per heavy atom. The van der Waals surface area contributed by atoms with Gasteiger partial charge in [0.25, 0.3) is 0 Å². The van der Waals surface area contributed by atoms with Crippen molar-refractivity contribution in [1.29, 1.82) is 5.26 Å². The average Bonchev–Trinajstić information content (AvgIpc) is 2.21. The van der Waals surface area contributed by atoms with Crippen LogP contribution in [0.5, 0.6) is 0 Å². The number of nitriles is 1. The molecule has 76 valence electrons. The molecule has 1 rings (SSSR count). The van der Waals surface area contributed by atoms with E-state index in [9.17, 15) is 4.79 Å². The van der Waals surface area contributed by atoms with Gasteiger partial charge in [-0.05, 0) is 12.1 Å². The standard InChI is InChI=1S/C10H7ClN2O2/c11-8-3-1-2-4-9(8)13-6-7(5-12)10(14)15/h1-4,6-7H,(H,14,15). The lowest BCUT2D eigenvalue weighted by Crippen LogP contribution is -2.12. The minimum absolute atomic E-state index is 0.413. The molecule has 1 atom stereocenters. The Kier molecular flexibility index (Phi) is 3.83. The fourth-order valence-electron chi connectivity index (χ4n) is 0.864. The summed E-state index contributed by atoms with van der Waals surface area (Å²) in [6.45, 7) is 0. The molecule has 0 heterocycles. The van der Waals surface area contributed by atoms with Crippen molar-refractivity contribution in [2.75, 3.05) is 0 Å². The van der Waals surface area contributed by atoms with Crippen LogP contribution in [0.1, 0.15) is 0 Å². The largest absolute Gasteiger partial charge is 0.480 e. The van der Waals surface area contributed by atoms with E-state index in [2.05, 4.69) is 4.99 Å². The Hall–Kier alpha value is -1.86. The van der Waals surface area contributed by atoms with Crippen LogP contribution in [0.3, 0.4) is 0 Å². The zero-order valence-electron chi connectivity index (χ0n) is 7.59. The molecule has 15 heavy (non-hydrogen) atoms. The van der Waals surface area contributed by atoms with Gasteiger partial charge in [-0.3, -0.25) is 9.79 Å². The molecule has 0 aliphatic carbocycles.